The zero-order chi connectivity index (χ0) is 12.8. The van der Waals surface area contributed by atoms with Gasteiger partial charge in [-0.05, 0) is 32.3 Å². The third kappa shape index (κ3) is 1.58. The quantitative estimate of drug-likeness (QED) is 0.868. The summed E-state index contributed by atoms with van der Waals surface area (Å²) in [6.45, 7) is 4.23. The van der Waals surface area contributed by atoms with Crippen LogP contribution < -0.4 is 5.73 Å². The van der Waals surface area contributed by atoms with Crippen LogP contribution in [0.4, 0.5) is 0 Å². The van der Waals surface area contributed by atoms with E-state index in [1.54, 1.807) is 0 Å². The van der Waals surface area contributed by atoms with E-state index in [1.807, 2.05) is 24.4 Å². The molecule has 3 rings (SSSR count). The number of benzene rings is 1. The zero-order valence-electron chi connectivity index (χ0n) is 10.9. The fourth-order valence-electron chi connectivity index (χ4n) is 2.86. The number of aromatic amines is 1. The molecule has 0 amide bonds. The minimum atomic E-state index is -0.208. The molecule has 0 unspecified atom stereocenters. The van der Waals surface area contributed by atoms with Gasteiger partial charge in [-0.15, -0.1) is 0 Å². The predicted octanol–water partition coefficient (Wildman–Crippen LogP) is 2.85. The van der Waals surface area contributed by atoms with E-state index in [2.05, 4.69) is 36.2 Å². The number of rotatable bonds is 3. The summed E-state index contributed by atoms with van der Waals surface area (Å²) in [6.07, 6.45) is 4.25. The Labute approximate surface area is 107 Å². The van der Waals surface area contributed by atoms with Crippen molar-refractivity contribution >= 4 is 0 Å². The number of nitrogens with one attached hydrogen (secondary N) is 1. The number of aromatic nitrogens is 2. The Kier molecular flexibility index (Phi) is 2.35. The Balaban J connectivity index is 2.09. The minimum Gasteiger partial charge on any atom is -0.325 e. The van der Waals surface area contributed by atoms with E-state index in [4.69, 9.17) is 5.73 Å². The summed E-state index contributed by atoms with van der Waals surface area (Å²) < 4.78 is 0. The molecule has 0 aliphatic heterocycles. The molecule has 18 heavy (non-hydrogen) atoms. The smallest absolute Gasteiger partial charge is 0.0688 e. The molecule has 0 saturated heterocycles. The van der Waals surface area contributed by atoms with Crippen LogP contribution in [0.1, 0.15) is 32.3 Å². The fraction of sp³-hybridized carbons (Fsp3) is 0.400. The number of H-pyrrole nitrogens is 1. The molecule has 1 heterocycles. The highest BCUT2D eigenvalue weighted by Gasteiger charge is 2.55. The number of nitrogens with zero attached hydrogens (tertiary/aromatic N) is 1. The summed E-state index contributed by atoms with van der Waals surface area (Å²) in [5.41, 5.74) is 9.82. The summed E-state index contributed by atoms with van der Waals surface area (Å²) >= 11 is 0. The minimum absolute atomic E-state index is 0.0885. The van der Waals surface area contributed by atoms with E-state index in [0.29, 0.717) is 0 Å². The number of nitrogens with two attached hydrogens (primary N) is 1. The van der Waals surface area contributed by atoms with Gasteiger partial charge in [-0.3, -0.25) is 5.10 Å². The van der Waals surface area contributed by atoms with Gasteiger partial charge < -0.3 is 5.73 Å². The van der Waals surface area contributed by atoms with Crippen LogP contribution in [0.2, 0.25) is 0 Å². The van der Waals surface area contributed by atoms with Gasteiger partial charge in [0.05, 0.1) is 11.9 Å². The maximum absolute atomic E-state index is 6.37. The fourth-order valence-corrected chi connectivity index (χ4v) is 2.86. The van der Waals surface area contributed by atoms with Crippen molar-refractivity contribution in [2.45, 2.75) is 37.6 Å². The molecular formula is C15H19N3. The average Bonchev–Trinajstić information content (AvgIpc) is 3.02. The number of hydrogen-bond acceptors (Lipinski definition) is 2. The van der Waals surface area contributed by atoms with Crippen LogP contribution in [-0.2, 0) is 5.41 Å². The largest absolute Gasteiger partial charge is 0.325 e. The molecule has 94 valence electrons. The van der Waals surface area contributed by atoms with Crippen molar-refractivity contribution in [3.8, 4) is 11.3 Å². The molecule has 0 spiro atoms. The molecule has 1 aliphatic carbocycles. The monoisotopic (exact) mass is 241 g/mol. The second-order valence-corrected chi connectivity index (χ2v) is 5.83. The second-order valence-electron chi connectivity index (χ2n) is 5.83. The van der Waals surface area contributed by atoms with Gasteiger partial charge in [0, 0.05) is 16.5 Å². The van der Waals surface area contributed by atoms with Crippen LogP contribution in [0.25, 0.3) is 11.3 Å². The Morgan fingerprint density at radius 2 is 1.89 bits per heavy atom. The topological polar surface area (TPSA) is 54.7 Å². The first kappa shape index (κ1) is 11.5. The van der Waals surface area contributed by atoms with Gasteiger partial charge in [0.25, 0.3) is 0 Å². The molecule has 0 radical (unpaired) electrons. The third-order valence-electron chi connectivity index (χ3n) is 4.20. The lowest BCUT2D eigenvalue weighted by Gasteiger charge is -2.31. The molecular weight excluding hydrogens is 222 g/mol. The Bertz CT molecular complexity index is 545. The highest BCUT2D eigenvalue weighted by Crippen LogP contribution is 2.56. The van der Waals surface area contributed by atoms with Crippen LogP contribution in [0.5, 0.6) is 0 Å². The van der Waals surface area contributed by atoms with Gasteiger partial charge in [-0.25, -0.2) is 0 Å². The van der Waals surface area contributed by atoms with Crippen molar-refractivity contribution in [2.75, 3.05) is 0 Å². The maximum Gasteiger partial charge on any atom is 0.0688 e. The Hall–Kier alpha value is -1.61. The van der Waals surface area contributed by atoms with Gasteiger partial charge in [-0.1, -0.05) is 30.3 Å². The van der Waals surface area contributed by atoms with Crippen molar-refractivity contribution in [1.82, 2.24) is 10.2 Å². The van der Waals surface area contributed by atoms with Gasteiger partial charge in [-0.2, -0.15) is 5.10 Å². The van der Waals surface area contributed by atoms with E-state index in [0.717, 1.165) is 18.5 Å². The van der Waals surface area contributed by atoms with E-state index >= 15 is 0 Å². The van der Waals surface area contributed by atoms with Gasteiger partial charge >= 0.3 is 0 Å². The maximum atomic E-state index is 6.37. The molecule has 1 aliphatic rings. The van der Waals surface area contributed by atoms with Crippen molar-refractivity contribution < 1.29 is 0 Å². The van der Waals surface area contributed by atoms with Crippen LogP contribution in [0.3, 0.4) is 0 Å². The van der Waals surface area contributed by atoms with E-state index < -0.39 is 0 Å². The van der Waals surface area contributed by atoms with Crippen molar-refractivity contribution in [2.24, 2.45) is 5.73 Å². The molecule has 1 fully saturated rings. The lowest BCUT2D eigenvalue weighted by atomic mass is 9.78. The SMILES string of the molecule is CC(C)(N)C1(c2cn[nH]c2-c2ccccc2)CC1. The van der Waals surface area contributed by atoms with E-state index in [1.165, 1.54) is 11.1 Å². The van der Waals surface area contributed by atoms with Crippen LogP contribution in [0, 0.1) is 0 Å². The lowest BCUT2D eigenvalue weighted by Crippen LogP contribution is -2.45. The summed E-state index contributed by atoms with van der Waals surface area (Å²) in [5, 5.41) is 7.37. The molecule has 1 aromatic heterocycles. The second kappa shape index (κ2) is 3.69. The molecule has 1 aromatic carbocycles. The standard InChI is InChI=1S/C15H19N3/c1-14(2,16)15(8-9-15)12-10-17-18-13(12)11-6-4-3-5-7-11/h3-7,10H,8-9,16H2,1-2H3,(H,17,18). The van der Waals surface area contributed by atoms with E-state index in [-0.39, 0.29) is 11.0 Å². The summed E-state index contributed by atoms with van der Waals surface area (Å²) in [5.74, 6) is 0. The predicted molar refractivity (Wildman–Crippen MR) is 73.2 cm³/mol. The summed E-state index contributed by atoms with van der Waals surface area (Å²) in [4.78, 5) is 0. The van der Waals surface area contributed by atoms with Crippen molar-refractivity contribution in [3.63, 3.8) is 0 Å². The van der Waals surface area contributed by atoms with Crippen LogP contribution in [0.15, 0.2) is 36.5 Å². The first-order valence-corrected chi connectivity index (χ1v) is 6.43. The molecule has 3 nitrogen and oxygen atoms in total. The highest BCUT2D eigenvalue weighted by atomic mass is 15.1. The molecule has 3 heteroatoms. The van der Waals surface area contributed by atoms with Crippen molar-refractivity contribution in [3.05, 3.63) is 42.1 Å². The Morgan fingerprint density at radius 3 is 2.44 bits per heavy atom. The normalized spacial score (nSPS) is 17.7. The number of hydrogen-bond donors (Lipinski definition) is 2. The Morgan fingerprint density at radius 1 is 1.22 bits per heavy atom. The summed E-state index contributed by atoms with van der Waals surface area (Å²) in [6, 6.07) is 10.3. The molecule has 0 atom stereocenters. The first-order chi connectivity index (χ1) is 8.55. The highest BCUT2D eigenvalue weighted by molar-refractivity contribution is 5.65. The van der Waals surface area contributed by atoms with E-state index in [9.17, 15) is 0 Å². The molecule has 1 saturated carbocycles. The first-order valence-electron chi connectivity index (χ1n) is 6.43. The molecule has 2 aromatic rings. The zero-order valence-corrected chi connectivity index (χ0v) is 10.9. The van der Waals surface area contributed by atoms with Gasteiger partial charge in [0.2, 0.25) is 0 Å². The van der Waals surface area contributed by atoms with Gasteiger partial charge in [0.15, 0.2) is 0 Å². The molecule has 0 bridgehead atoms. The van der Waals surface area contributed by atoms with Crippen molar-refractivity contribution in [1.29, 1.82) is 0 Å². The lowest BCUT2D eigenvalue weighted by molar-refractivity contribution is 0.392. The summed E-state index contributed by atoms with van der Waals surface area (Å²) in [7, 11) is 0. The average molecular weight is 241 g/mol. The van der Waals surface area contributed by atoms with Crippen LogP contribution >= 0.6 is 0 Å². The van der Waals surface area contributed by atoms with Gasteiger partial charge in [0.1, 0.15) is 0 Å². The third-order valence-corrected chi connectivity index (χ3v) is 4.20. The van der Waals surface area contributed by atoms with Crippen LogP contribution in [-0.4, -0.2) is 15.7 Å². The molecule has 3 N–H and O–H groups in total.